The molecule has 92 valence electrons. The van der Waals surface area contributed by atoms with Crippen molar-refractivity contribution in [2.24, 2.45) is 11.7 Å². The van der Waals surface area contributed by atoms with E-state index < -0.39 is 0 Å². The van der Waals surface area contributed by atoms with Crippen molar-refractivity contribution in [2.75, 3.05) is 6.61 Å². The Kier molecular flexibility index (Phi) is 2.64. The van der Waals surface area contributed by atoms with E-state index in [0.29, 0.717) is 11.7 Å². The molecule has 4 unspecified atom stereocenters. The van der Waals surface area contributed by atoms with Gasteiger partial charge in [0, 0.05) is 18.6 Å². The van der Waals surface area contributed by atoms with Gasteiger partial charge in [0.25, 0.3) is 5.91 Å². The molecular formula is C12H16N2O3. The molecule has 1 aliphatic heterocycles. The summed E-state index contributed by atoms with van der Waals surface area (Å²) in [7, 11) is 0. The van der Waals surface area contributed by atoms with Crippen LogP contribution in [0.2, 0.25) is 0 Å². The highest BCUT2D eigenvalue weighted by molar-refractivity contribution is 5.91. The van der Waals surface area contributed by atoms with Gasteiger partial charge in [-0.25, -0.2) is 0 Å². The van der Waals surface area contributed by atoms with Gasteiger partial charge < -0.3 is 20.2 Å². The van der Waals surface area contributed by atoms with Crippen molar-refractivity contribution in [3.05, 3.63) is 24.2 Å². The maximum atomic E-state index is 11.8. The molecular weight excluding hydrogens is 220 g/mol. The third-order valence-corrected chi connectivity index (χ3v) is 3.72. The average molecular weight is 236 g/mol. The number of nitrogens with two attached hydrogens (primary N) is 1. The first kappa shape index (κ1) is 10.8. The highest BCUT2D eigenvalue weighted by Gasteiger charge is 2.51. The lowest BCUT2D eigenvalue weighted by atomic mass is 9.68. The van der Waals surface area contributed by atoms with Crippen LogP contribution in [-0.2, 0) is 4.74 Å². The van der Waals surface area contributed by atoms with Crippen LogP contribution in [0.4, 0.5) is 0 Å². The maximum Gasteiger partial charge on any atom is 0.287 e. The van der Waals surface area contributed by atoms with E-state index in [1.165, 1.54) is 6.26 Å². The molecule has 2 heterocycles. The first-order chi connectivity index (χ1) is 8.27. The van der Waals surface area contributed by atoms with Crippen LogP contribution in [0.15, 0.2) is 22.8 Å². The van der Waals surface area contributed by atoms with Gasteiger partial charge in [0.15, 0.2) is 5.76 Å². The molecule has 3 N–H and O–H groups in total. The fraction of sp³-hybridized carbons (Fsp3) is 0.583. The molecule has 1 saturated heterocycles. The molecule has 0 radical (unpaired) electrons. The molecule has 17 heavy (non-hydrogen) atoms. The molecule has 2 aliphatic rings. The molecule has 0 aromatic carbocycles. The van der Waals surface area contributed by atoms with Crippen LogP contribution in [0.5, 0.6) is 0 Å². The summed E-state index contributed by atoms with van der Waals surface area (Å²) in [5.41, 5.74) is 6.05. The van der Waals surface area contributed by atoms with Gasteiger partial charge in [0.05, 0.1) is 18.4 Å². The zero-order valence-corrected chi connectivity index (χ0v) is 9.46. The first-order valence-electron chi connectivity index (χ1n) is 5.99. The minimum Gasteiger partial charge on any atom is -0.459 e. The molecule has 0 spiro atoms. The molecule has 1 aromatic heterocycles. The third kappa shape index (κ3) is 1.75. The van der Waals surface area contributed by atoms with Crippen molar-refractivity contribution in [1.82, 2.24) is 5.32 Å². The topological polar surface area (TPSA) is 77.5 Å². The summed E-state index contributed by atoms with van der Waals surface area (Å²) < 4.78 is 10.7. The number of hydrogen-bond donors (Lipinski definition) is 2. The molecule has 5 nitrogen and oxygen atoms in total. The molecule has 5 heteroatoms. The third-order valence-electron chi connectivity index (χ3n) is 3.72. The second kappa shape index (κ2) is 4.16. The summed E-state index contributed by atoms with van der Waals surface area (Å²) in [4.78, 5) is 11.8. The smallest absolute Gasteiger partial charge is 0.287 e. The Morgan fingerprint density at radius 1 is 1.53 bits per heavy atom. The fourth-order valence-electron chi connectivity index (χ4n) is 2.76. The van der Waals surface area contributed by atoms with Crippen LogP contribution in [0.25, 0.3) is 0 Å². The van der Waals surface area contributed by atoms with E-state index >= 15 is 0 Å². The Balaban J connectivity index is 1.64. The summed E-state index contributed by atoms with van der Waals surface area (Å²) in [6.45, 7) is 0.765. The normalized spacial score (nSPS) is 35.8. The number of carbonyl (C=O) groups is 1. The van der Waals surface area contributed by atoms with Crippen molar-refractivity contribution in [3.63, 3.8) is 0 Å². The number of ether oxygens (including phenoxy) is 1. The van der Waals surface area contributed by atoms with Gasteiger partial charge in [-0.2, -0.15) is 0 Å². The number of hydrogen-bond acceptors (Lipinski definition) is 4. The lowest BCUT2D eigenvalue weighted by Gasteiger charge is -2.52. The number of furan rings is 1. The van der Waals surface area contributed by atoms with Crippen LogP contribution < -0.4 is 11.1 Å². The van der Waals surface area contributed by atoms with E-state index in [0.717, 1.165) is 19.4 Å². The number of carbonyl (C=O) groups excluding carboxylic acids is 1. The summed E-state index contributed by atoms with van der Waals surface area (Å²) in [5.74, 6) is 0.491. The minimum absolute atomic E-state index is 0.000729. The summed E-state index contributed by atoms with van der Waals surface area (Å²) in [5, 5.41) is 2.89. The van der Waals surface area contributed by atoms with Crippen LogP contribution in [-0.4, -0.2) is 30.7 Å². The van der Waals surface area contributed by atoms with Crippen LogP contribution in [0.1, 0.15) is 23.4 Å². The van der Waals surface area contributed by atoms with Crippen LogP contribution >= 0.6 is 0 Å². The SMILES string of the molecule is NC1C2CCCOC2C1NC(=O)c1ccco1. The number of rotatable bonds is 2. The van der Waals surface area contributed by atoms with Gasteiger partial charge in [0.1, 0.15) is 0 Å². The Morgan fingerprint density at radius 3 is 3.18 bits per heavy atom. The fourth-order valence-corrected chi connectivity index (χ4v) is 2.76. The van der Waals surface area contributed by atoms with Crippen molar-refractivity contribution in [2.45, 2.75) is 31.0 Å². The molecule has 3 rings (SSSR count). The Bertz CT molecular complexity index is 404. The standard InChI is InChI=1S/C12H16N2O3/c13-9-7-3-1-6-17-11(7)10(9)14-12(15)8-4-2-5-16-8/h2,4-5,7,9-11H,1,3,6,13H2,(H,14,15). The molecule has 0 bridgehead atoms. The van der Waals surface area contributed by atoms with Crippen molar-refractivity contribution >= 4 is 5.91 Å². The molecule has 1 aromatic rings. The van der Waals surface area contributed by atoms with Crippen molar-refractivity contribution < 1.29 is 13.9 Å². The molecule has 4 atom stereocenters. The van der Waals surface area contributed by atoms with E-state index in [-0.39, 0.29) is 24.1 Å². The second-order valence-electron chi connectivity index (χ2n) is 4.70. The monoisotopic (exact) mass is 236 g/mol. The molecule has 1 aliphatic carbocycles. The Hall–Kier alpha value is -1.33. The maximum absolute atomic E-state index is 11.8. The van der Waals surface area contributed by atoms with Gasteiger partial charge >= 0.3 is 0 Å². The van der Waals surface area contributed by atoms with Crippen molar-refractivity contribution in [1.29, 1.82) is 0 Å². The summed E-state index contributed by atoms with van der Waals surface area (Å²) in [6.07, 6.45) is 3.72. The molecule has 1 saturated carbocycles. The minimum atomic E-state index is -0.219. The number of nitrogens with one attached hydrogen (secondary N) is 1. The second-order valence-corrected chi connectivity index (χ2v) is 4.70. The lowest BCUT2D eigenvalue weighted by molar-refractivity contribution is -0.117. The number of fused-ring (bicyclic) bond motifs is 1. The van der Waals surface area contributed by atoms with Gasteiger partial charge in [-0.15, -0.1) is 0 Å². The van der Waals surface area contributed by atoms with Crippen molar-refractivity contribution in [3.8, 4) is 0 Å². The lowest BCUT2D eigenvalue weighted by Crippen LogP contribution is -2.72. The zero-order valence-electron chi connectivity index (χ0n) is 9.46. The predicted octanol–water partition coefficient (Wildman–Crippen LogP) is 0.514. The largest absolute Gasteiger partial charge is 0.459 e. The highest BCUT2D eigenvalue weighted by atomic mass is 16.5. The van der Waals surface area contributed by atoms with Gasteiger partial charge in [-0.1, -0.05) is 0 Å². The quantitative estimate of drug-likeness (QED) is 0.784. The van der Waals surface area contributed by atoms with Crippen LogP contribution in [0.3, 0.4) is 0 Å². The highest BCUT2D eigenvalue weighted by Crippen LogP contribution is 2.37. The van der Waals surface area contributed by atoms with E-state index in [4.69, 9.17) is 14.9 Å². The van der Waals surface area contributed by atoms with E-state index in [2.05, 4.69) is 5.32 Å². The molecule has 2 fully saturated rings. The zero-order chi connectivity index (χ0) is 11.8. The number of amides is 1. The van der Waals surface area contributed by atoms with Gasteiger partial charge in [-0.3, -0.25) is 4.79 Å². The Morgan fingerprint density at radius 2 is 2.41 bits per heavy atom. The summed E-state index contributed by atoms with van der Waals surface area (Å²) in [6, 6.07) is 3.24. The van der Waals surface area contributed by atoms with E-state index in [1.54, 1.807) is 12.1 Å². The Labute approximate surface area is 99.3 Å². The van der Waals surface area contributed by atoms with E-state index in [9.17, 15) is 4.79 Å². The predicted molar refractivity (Wildman–Crippen MR) is 60.4 cm³/mol. The average Bonchev–Trinajstić information content (AvgIpc) is 2.89. The first-order valence-corrected chi connectivity index (χ1v) is 5.99. The van der Waals surface area contributed by atoms with Gasteiger partial charge in [0.2, 0.25) is 0 Å². The summed E-state index contributed by atoms with van der Waals surface area (Å²) >= 11 is 0. The molecule has 1 amide bonds. The van der Waals surface area contributed by atoms with Gasteiger partial charge in [-0.05, 0) is 25.0 Å². The van der Waals surface area contributed by atoms with E-state index in [1.807, 2.05) is 0 Å². The van der Waals surface area contributed by atoms with Crippen LogP contribution in [0, 0.1) is 5.92 Å².